The molecule has 2 N–H and O–H groups in total. The number of carbonyl (C=O) groups is 1. The van der Waals surface area contributed by atoms with Crippen LogP contribution in [0, 0.1) is 5.92 Å². The summed E-state index contributed by atoms with van der Waals surface area (Å²) in [7, 11) is 0. The number of aliphatic hydroxyl groups is 1. The highest BCUT2D eigenvalue weighted by atomic mass is 35.5. The number of pyridine rings is 1. The second kappa shape index (κ2) is 7.43. The molecule has 29 heavy (non-hydrogen) atoms. The molecule has 2 aromatic rings. The maximum atomic E-state index is 13.1. The number of fused-ring (bicyclic) bond motifs is 2. The van der Waals surface area contributed by atoms with Gasteiger partial charge in [-0.3, -0.25) is 9.78 Å². The van der Waals surface area contributed by atoms with Crippen molar-refractivity contribution in [3.05, 3.63) is 57.8 Å². The number of aliphatic hydroxyl groups excluding tert-OH is 1. The molecule has 2 fully saturated rings. The Balaban J connectivity index is 1.65. The number of hydrogen-bond acceptors (Lipinski definition) is 4. The van der Waals surface area contributed by atoms with Gasteiger partial charge in [0.15, 0.2) is 0 Å². The Bertz CT molecular complexity index is 957. The molecule has 0 radical (unpaired) electrons. The Labute approximate surface area is 173 Å². The molecule has 2 aliphatic rings. The van der Waals surface area contributed by atoms with Crippen LogP contribution >= 0.6 is 23.2 Å². The number of hydrogen-bond donors (Lipinski definition) is 2. The highest BCUT2D eigenvalue weighted by Crippen LogP contribution is 2.49. The van der Waals surface area contributed by atoms with Crippen molar-refractivity contribution in [3.8, 4) is 0 Å². The van der Waals surface area contributed by atoms with E-state index in [9.17, 15) is 23.1 Å². The first kappa shape index (κ1) is 20.4. The number of anilines is 1. The summed E-state index contributed by atoms with van der Waals surface area (Å²) in [6, 6.07) is 6.89. The van der Waals surface area contributed by atoms with Crippen LogP contribution in [0.3, 0.4) is 0 Å². The van der Waals surface area contributed by atoms with Crippen LogP contribution in [0.5, 0.6) is 0 Å². The number of benzene rings is 1. The number of alkyl halides is 3. The minimum absolute atomic E-state index is 0.234. The zero-order chi connectivity index (χ0) is 20.9. The Kier molecular flexibility index (Phi) is 5.23. The first-order valence-electron chi connectivity index (χ1n) is 8.78. The van der Waals surface area contributed by atoms with E-state index < -0.39 is 47.9 Å². The lowest BCUT2D eigenvalue weighted by molar-refractivity contribution is -0.141. The number of aromatic nitrogens is 1. The van der Waals surface area contributed by atoms with E-state index in [2.05, 4.69) is 10.3 Å². The second-order valence-electron chi connectivity index (χ2n) is 7.08. The van der Waals surface area contributed by atoms with Crippen molar-refractivity contribution in [3.63, 3.8) is 0 Å². The lowest BCUT2D eigenvalue weighted by Gasteiger charge is -2.30. The number of nitrogens with one attached hydrogen (secondary N) is 1. The van der Waals surface area contributed by atoms with Gasteiger partial charge in [0.25, 0.3) is 0 Å². The Morgan fingerprint density at radius 3 is 2.66 bits per heavy atom. The lowest BCUT2D eigenvalue weighted by Crippen LogP contribution is -2.41. The molecule has 1 aromatic heterocycles. The predicted molar refractivity (Wildman–Crippen MR) is 99.8 cm³/mol. The number of rotatable bonds is 3. The summed E-state index contributed by atoms with van der Waals surface area (Å²) in [5.74, 6) is -1.95. The highest BCUT2D eigenvalue weighted by molar-refractivity contribution is 6.42. The van der Waals surface area contributed by atoms with Crippen LogP contribution in [0.25, 0.3) is 0 Å². The van der Waals surface area contributed by atoms with Gasteiger partial charge in [0.05, 0.1) is 34.3 Å². The summed E-state index contributed by atoms with van der Waals surface area (Å²) in [5.41, 5.74) is -0.416. The third-order valence-corrected chi connectivity index (χ3v) is 6.01. The molecule has 2 saturated heterocycles. The average Bonchev–Trinajstić information content (AvgIpc) is 3.21. The SMILES string of the molecule is O=C(Nc1ccc(Cl)c(Cl)c1)[C@@H]1[C@H](c2ccnc(C(F)(F)F)c2)[C@@H]2O[C@H]1C[C@H]2O. The van der Waals surface area contributed by atoms with Crippen molar-refractivity contribution in [1.82, 2.24) is 4.98 Å². The van der Waals surface area contributed by atoms with Gasteiger partial charge in [0.1, 0.15) is 5.69 Å². The molecule has 10 heteroatoms. The number of nitrogens with zero attached hydrogens (tertiary/aromatic N) is 1. The van der Waals surface area contributed by atoms with Crippen LogP contribution in [-0.4, -0.2) is 34.3 Å². The number of carbonyl (C=O) groups excluding carboxylic acids is 1. The molecular formula is C19H15Cl2F3N2O3. The number of amides is 1. The first-order valence-corrected chi connectivity index (χ1v) is 9.53. The number of halogens is 5. The summed E-state index contributed by atoms with van der Waals surface area (Å²) in [6.07, 6.45) is -5.58. The summed E-state index contributed by atoms with van der Waals surface area (Å²) in [6.45, 7) is 0. The Morgan fingerprint density at radius 2 is 1.97 bits per heavy atom. The predicted octanol–water partition coefficient (Wildman–Crippen LogP) is 4.28. The van der Waals surface area contributed by atoms with Crippen LogP contribution in [0.1, 0.15) is 23.6 Å². The quantitative estimate of drug-likeness (QED) is 0.737. The molecule has 0 saturated carbocycles. The van der Waals surface area contributed by atoms with Crippen LogP contribution in [0.15, 0.2) is 36.5 Å². The molecule has 3 heterocycles. The van der Waals surface area contributed by atoms with Crippen LogP contribution in [0.4, 0.5) is 18.9 Å². The van der Waals surface area contributed by atoms with Gasteiger partial charge in [-0.25, -0.2) is 0 Å². The van der Waals surface area contributed by atoms with Crippen molar-refractivity contribution < 1.29 is 27.8 Å². The molecule has 4 rings (SSSR count). The summed E-state index contributed by atoms with van der Waals surface area (Å²) >= 11 is 11.8. The summed E-state index contributed by atoms with van der Waals surface area (Å²) in [5, 5.41) is 13.5. The molecule has 5 nitrogen and oxygen atoms in total. The Hall–Kier alpha value is -1.87. The highest BCUT2D eigenvalue weighted by Gasteiger charge is 2.57. The number of ether oxygens (including phenoxy) is 1. The van der Waals surface area contributed by atoms with E-state index in [0.717, 1.165) is 12.3 Å². The van der Waals surface area contributed by atoms with Crippen molar-refractivity contribution >= 4 is 34.8 Å². The molecule has 1 aromatic carbocycles. The van der Waals surface area contributed by atoms with Gasteiger partial charge < -0.3 is 15.2 Å². The molecule has 154 valence electrons. The van der Waals surface area contributed by atoms with Crippen molar-refractivity contribution in [1.29, 1.82) is 0 Å². The van der Waals surface area contributed by atoms with Crippen LogP contribution < -0.4 is 5.32 Å². The molecule has 2 bridgehead atoms. The van der Waals surface area contributed by atoms with E-state index in [1.54, 1.807) is 6.07 Å². The largest absolute Gasteiger partial charge is 0.433 e. The maximum absolute atomic E-state index is 13.1. The van der Waals surface area contributed by atoms with Gasteiger partial charge in [-0.15, -0.1) is 0 Å². The standard InChI is InChI=1S/C19H15Cl2F3N2O3/c20-10-2-1-9(6-11(10)21)26-18(28)16-13-7-12(27)17(29-13)15(16)8-3-4-25-14(5-8)19(22,23)24/h1-6,12-13,15-17,27H,7H2,(H,26,28)/t12-,13+,15+,16+,17-/m1/s1. The molecule has 1 amide bonds. The minimum Gasteiger partial charge on any atom is -0.390 e. The van der Waals surface area contributed by atoms with E-state index in [1.165, 1.54) is 18.2 Å². The molecule has 0 aliphatic carbocycles. The smallest absolute Gasteiger partial charge is 0.390 e. The fourth-order valence-electron chi connectivity index (χ4n) is 4.05. The van der Waals surface area contributed by atoms with Gasteiger partial charge in [-0.2, -0.15) is 13.2 Å². The van der Waals surface area contributed by atoms with Gasteiger partial charge in [0.2, 0.25) is 5.91 Å². The monoisotopic (exact) mass is 446 g/mol. The van der Waals surface area contributed by atoms with Gasteiger partial charge in [0, 0.05) is 24.2 Å². The maximum Gasteiger partial charge on any atom is 0.433 e. The fraction of sp³-hybridized carbons (Fsp3) is 0.368. The third kappa shape index (κ3) is 3.82. The van der Waals surface area contributed by atoms with E-state index >= 15 is 0 Å². The third-order valence-electron chi connectivity index (χ3n) is 5.28. The lowest BCUT2D eigenvalue weighted by atomic mass is 9.74. The van der Waals surface area contributed by atoms with Crippen LogP contribution in [0.2, 0.25) is 10.0 Å². The Morgan fingerprint density at radius 1 is 1.21 bits per heavy atom. The summed E-state index contributed by atoms with van der Waals surface area (Å²) in [4.78, 5) is 16.3. The molecule has 0 unspecified atom stereocenters. The van der Waals surface area contributed by atoms with Gasteiger partial charge in [-0.05, 0) is 35.9 Å². The van der Waals surface area contributed by atoms with Crippen molar-refractivity contribution in [2.45, 2.75) is 36.8 Å². The summed E-state index contributed by atoms with van der Waals surface area (Å²) < 4.78 is 45.0. The van der Waals surface area contributed by atoms with Crippen LogP contribution in [-0.2, 0) is 15.7 Å². The molecule has 0 spiro atoms. The van der Waals surface area contributed by atoms with E-state index in [4.69, 9.17) is 27.9 Å². The van der Waals surface area contributed by atoms with Gasteiger partial charge >= 0.3 is 6.18 Å². The average molecular weight is 447 g/mol. The van der Waals surface area contributed by atoms with E-state index in [1.807, 2.05) is 0 Å². The first-order chi connectivity index (χ1) is 13.6. The van der Waals surface area contributed by atoms with E-state index in [-0.39, 0.29) is 17.0 Å². The van der Waals surface area contributed by atoms with Crippen molar-refractivity contribution in [2.75, 3.05) is 5.32 Å². The van der Waals surface area contributed by atoms with Gasteiger partial charge in [-0.1, -0.05) is 23.2 Å². The molecule has 5 atom stereocenters. The minimum atomic E-state index is -4.62. The zero-order valence-corrected chi connectivity index (χ0v) is 16.2. The fourth-order valence-corrected chi connectivity index (χ4v) is 4.35. The van der Waals surface area contributed by atoms with Crippen molar-refractivity contribution in [2.24, 2.45) is 5.92 Å². The normalized spacial score (nSPS) is 28.6. The molecular weight excluding hydrogens is 432 g/mol. The van der Waals surface area contributed by atoms with E-state index in [0.29, 0.717) is 10.7 Å². The molecule has 2 aliphatic heterocycles. The second-order valence-corrected chi connectivity index (χ2v) is 7.90. The topological polar surface area (TPSA) is 71.5 Å². The zero-order valence-electron chi connectivity index (χ0n) is 14.7.